The Morgan fingerprint density at radius 1 is 1.07 bits per heavy atom. The molecule has 0 aliphatic carbocycles. The number of anilines is 1. The molecule has 2 aliphatic heterocycles. The Labute approximate surface area is 171 Å². The van der Waals surface area contributed by atoms with Crippen molar-refractivity contribution in [2.45, 2.75) is 44.2 Å². The number of aromatic nitrogens is 3. The van der Waals surface area contributed by atoms with Crippen molar-refractivity contribution in [2.75, 3.05) is 31.6 Å². The van der Waals surface area contributed by atoms with Gasteiger partial charge in [0.05, 0.1) is 19.5 Å². The number of benzene rings is 1. The minimum absolute atomic E-state index is 0.305. The largest absolute Gasteiger partial charge is 0.480 e. The lowest BCUT2D eigenvalue weighted by molar-refractivity contribution is 0.0186. The van der Waals surface area contributed by atoms with E-state index in [0.717, 1.165) is 25.5 Å². The molecular weight excluding hydrogens is 362 g/mol. The molecular formula is C23H29N5O. The highest BCUT2D eigenvalue weighted by molar-refractivity contribution is 5.82. The zero-order valence-corrected chi connectivity index (χ0v) is 17.1. The highest BCUT2D eigenvalue weighted by atomic mass is 16.5. The van der Waals surface area contributed by atoms with Crippen molar-refractivity contribution in [3.8, 4) is 5.88 Å². The lowest BCUT2D eigenvalue weighted by atomic mass is 9.78. The number of hydrogen-bond donors (Lipinski definition) is 1. The third-order valence-corrected chi connectivity index (χ3v) is 6.86. The van der Waals surface area contributed by atoms with Gasteiger partial charge in [0.2, 0.25) is 5.88 Å². The Kier molecular flexibility index (Phi) is 4.87. The molecule has 29 heavy (non-hydrogen) atoms. The maximum Gasteiger partial charge on any atom is 0.233 e. The van der Waals surface area contributed by atoms with Gasteiger partial charge in [-0.2, -0.15) is 4.98 Å². The fourth-order valence-electron chi connectivity index (χ4n) is 5.20. The van der Waals surface area contributed by atoms with Gasteiger partial charge >= 0.3 is 0 Å². The fraction of sp³-hybridized carbons (Fsp3) is 0.478. The fourth-order valence-corrected chi connectivity index (χ4v) is 5.20. The monoisotopic (exact) mass is 391 g/mol. The molecule has 0 bridgehead atoms. The number of nitrogens with zero attached hydrogens (tertiary/aromatic N) is 4. The molecule has 0 atom stereocenters. The standard InChI is InChI=1S/C23H29N5O/c1-29-22-16-24-15-21(26-22)27-13-9-23(10-14-27)8-2-3-12-28(23)17-18-5-4-6-20-19(18)7-11-25-20/h4-7,11,15-16,25H,2-3,8-10,12-14,17H2,1H3. The Hall–Kier alpha value is -2.60. The Balaban J connectivity index is 1.34. The van der Waals surface area contributed by atoms with E-state index in [9.17, 15) is 0 Å². The molecule has 1 aromatic carbocycles. The summed E-state index contributed by atoms with van der Waals surface area (Å²) in [4.78, 5) is 17.4. The van der Waals surface area contributed by atoms with Crippen molar-refractivity contribution in [1.82, 2.24) is 19.9 Å². The summed E-state index contributed by atoms with van der Waals surface area (Å²) in [6.07, 6.45) is 11.9. The molecule has 5 rings (SSSR count). The van der Waals surface area contributed by atoms with Gasteiger partial charge in [0.25, 0.3) is 0 Å². The van der Waals surface area contributed by atoms with Crippen LogP contribution in [-0.2, 0) is 6.54 Å². The highest BCUT2D eigenvalue weighted by Gasteiger charge is 2.41. The maximum atomic E-state index is 5.26. The van der Waals surface area contributed by atoms with Crippen LogP contribution in [0.4, 0.5) is 5.82 Å². The van der Waals surface area contributed by atoms with Gasteiger partial charge in [0, 0.05) is 42.3 Å². The summed E-state index contributed by atoms with van der Waals surface area (Å²) in [5.41, 5.74) is 2.98. The molecule has 4 heterocycles. The summed E-state index contributed by atoms with van der Waals surface area (Å²) < 4.78 is 5.26. The number of rotatable bonds is 4. The van der Waals surface area contributed by atoms with Crippen molar-refractivity contribution < 1.29 is 4.74 Å². The summed E-state index contributed by atoms with van der Waals surface area (Å²) >= 11 is 0. The van der Waals surface area contributed by atoms with Crippen LogP contribution in [0.25, 0.3) is 10.9 Å². The van der Waals surface area contributed by atoms with E-state index in [2.05, 4.69) is 49.0 Å². The van der Waals surface area contributed by atoms with Gasteiger partial charge in [-0.1, -0.05) is 18.6 Å². The zero-order chi connectivity index (χ0) is 19.7. The second kappa shape index (κ2) is 7.67. The molecule has 2 aliphatic rings. The Morgan fingerprint density at radius 3 is 2.83 bits per heavy atom. The molecule has 3 aromatic rings. The van der Waals surface area contributed by atoms with Crippen LogP contribution in [0.5, 0.6) is 5.88 Å². The molecule has 0 saturated carbocycles. The Morgan fingerprint density at radius 2 is 1.97 bits per heavy atom. The number of fused-ring (bicyclic) bond motifs is 1. The van der Waals surface area contributed by atoms with E-state index >= 15 is 0 Å². The molecule has 1 N–H and O–H groups in total. The van der Waals surface area contributed by atoms with Crippen LogP contribution in [0.1, 0.15) is 37.7 Å². The van der Waals surface area contributed by atoms with Gasteiger partial charge in [-0.05, 0) is 49.9 Å². The molecule has 6 nitrogen and oxygen atoms in total. The summed E-state index contributed by atoms with van der Waals surface area (Å²) in [6, 6.07) is 8.85. The molecule has 6 heteroatoms. The number of aromatic amines is 1. The lowest BCUT2D eigenvalue weighted by Crippen LogP contribution is -2.57. The second-order valence-electron chi connectivity index (χ2n) is 8.37. The van der Waals surface area contributed by atoms with Crippen LogP contribution in [0.2, 0.25) is 0 Å². The van der Waals surface area contributed by atoms with E-state index in [-0.39, 0.29) is 0 Å². The highest BCUT2D eigenvalue weighted by Crippen LogP contribution is 2.39. The first kappa shape index (κ1) is 18.4. The van der Waals surface area contributed by atoms with Crippen LogP contribution in [-0.4, -0.2) is 52.1 Å². The van der Waals surface area contributed by atoms with Crippen LogP contribution in [0.15, 0.2) is 42.9 Å². The lowest BCUT2D eigenvalue weighted by Gasteiger charge is -2.52. The molecule has 0 unspecified atom stereocenters. The van der Waals surface area contributed by atoms with E-state index in [1.807, 2.05) is 12.4 Å². The van der Waals surface area contributed by atoms with Crippen LogP contribution in [0, 0.1) is 0 Å². The van der Waals surface area contributed by atoms with Gasteiger partial charge in [0.1, 0.15) is 0 Å². The van der Waals surface area contributed by atoms with Gasteiger partial charge in [0.15, 0.2) is 5.82 Å². The van der Waals surface area contributed by atoms with Crippen LogP contribution in [0.3, 0.4) is 0 Å². The molecule has 2 saturated heterocycles. The van der Waals surface area contributed by atoms with Crippen molar-refractivity contribution >= 4 is 16.7 Å². The van der Waals surface area contributed by atoms with Gasteiger partial charge in [-0.25, -0.2) is 0 Å². The number of hydrogen-bond acceptors (Lipinski definition) is 5. The number of likely N-dealkylation sites (tertiary alicyclic amines) is 1. The summed E-state index contributed by atoms with van der Waals surface area (Å²) in [7, 11) is 1.64. The minimum atomic E-state index is 0.305. The van der Waals surface area contributed by atoms with E-state index < -0.39 is 0 Å². The van der Waals surface area contributed by atoms with Crippen LogP contribution < -0.4 is 9.64 Å². The van der Waals surface area contributed by atoms with Crippen molar-refractivity contribution in [2.24, 2.45) is 0 Å². The number of methoxy groups -OCH3 is 1. The first-order valence-corrected chi connectivity index (χ1v) is 10.7. The number of piperidine rings is 2. The topological polar surface area (TPSA) is 57.3 Å². The first-order chi connectivity index (χ1) is 14.3. The predicted octanol–water partition coefficient (Wildman–Crippen LogP) is 3.99. The normalized spacial score (nSPS) is 19.7. The van der Waals surface area contributed by atoms with Gasteiger partial charge in [-0.3, -0.25) is 9.88 Å². The SMILES string of the molecule is COc1cncc(N2CCC3(CCCCN3Cc3cccc4[nH]ccc34)CC2)n1. The van der Waals surface area contributed by atoms with E-state index in [1.165, 1.54) is 55.1 Å². The van der Waals surface area contributed by atoms with Crippen molar-refractivity contribution in [3.63, 3.8) is 0 Å². The smallest absolute Gasteiger partial charge is 0.233 e. The van der Waals surface area contributed by atoms with Gasteiger partial charge in [-0.15, -0.1) is 0 Å². The van der Waals surface area contributed by atoms with Crippen molar-refractivity contribution in [1.29, 1.82) is 0 Å². The van der Waals surface area contributed by atoms with Crippen molar-refractivity contribution in [3.05, 3.63) is 48.4 Å². The second-order valence-corrected chi connectivity index (χ2v) is 8.37. The summed E-state index contributed by atoms with van der Waals surface area (Å²) in [5, 5.41) is 1.36. The number of H-pyrrole nitrogens is 1. The zero-order valence-electron chi connectivity index (χ0n) is 17.1. The number of ether oxygens (including phenoxy) is 1. The first-order valence-electron chi connectivity index (χ1n) is 10.7. The maximum absolute atomic E-state index is 5.26. The van der Waals surface area contributed by atoms with E-state index in [4.69, 9.17) is 4.74 Å². The number of nitrogens with one attached hydrogen (secondary N) is 1. The average Bonchev–Trinajstić information content (AvgIpc) is 3.26. The summed E-state index contributed by atoms with van der Waals surface area (Å²) in [6.45, 7) is 4.27. The van der Waals surface area contributed by atoms with Gasteiger partial charge < -0.3 is 14.6 Å². The quantitative estimate of drug-likeness (QED) is 0.729. The van der Waals surface area contributed by atoms with Crippen LogP contribution >= 0.6 is 0 Å². The Bertz CT molecular complexity index is 976. The average molecular weight is 392 g/mol. The molecule has 2 fully saturated rings. The molecule has 1 spiro atoms. The predicted molar refractivity (Wildman–Crippen MR) is 115 cm³/mol. The minimum Gasteiger partial charge on any atom is -0.480 e. The molecule has 0 radical (unpaired) electrons. The third-order valence-electron chi connectivity index (χ3n) is 6.86. The van der Waals surface area contributed by atoms with E-state index in [1.54, 1.807) is 13.3 Å². The molecule has 2 aromatic heterocycles. The van der Waals surface area contributed by atoms with E-state index in [0.29, 0.717) is 11.4 Å². The summed E-state index contributed by atoms with van der Waals surface area (Å²) in [5.74, 6) is 1.51. The third kappa shape index (κ3) is 3.46. The molecule has 0 amide bonds. The molecule has 152 valence electrons.